The number of likely N-dealkylation sites (tertiary alicyclic amines) is 2. The van der Waals surface area contributed by atoms with Crippen molar-refractivity contribution < 1.29 is 29.0 Å². The Hall–Kier alpha value is -4.08. The molecule has 0 saturated carbocycles. The minimum absolute atomic E-state index is 0.111. The Balaban J connectivity index is 1.09. The second-order valence-corrected chi connectivity index (χ2v) is 14.1. The van der Waals surface area contributed by atoms with E-state index in [0.717, 1.165) is 49.2 Å². The Kier molecular flexibility index (Phi) is 7.21. The molecule has 2 amide bonds. The van der Waals surface area contributed by atoms with Gasteiger partial charge >= 0.3 is 0 Å². The van der Waals surface area contributed by atoms with E-state index < -0.39 is 17.8 Å². The van der Waals surface area contributed by atoms with Crippen molar-refractivity contribution in [2.24, 2.45) is 23.7 Å². The summed E-state index contributed by atoms with van der Waals surface area (Å²) in [7, 11) is 0. The fourth-order valence-corrected chi connectivity index (χ4v) is 9.02. The lowest BCUT2D eigenvalue weighted by Gasteiger charge is -2.43. The van der Waals surface area contributed by atoms with E-state index in [0.29, 0.717) is 29.7 Å². The van der Waals surface area contributed by atoms with Crippen LogP contribution in [0.3, 0.4) is 0 Å². The normalized spacial score (nSPS) is 28.1. The quantitative estimate of drug-likeness (QED) is 0.270. The Morgan fingerprint density at radius 3 is 2.52 bits per heavy atom. The number of carbonyl (C=O) groups excluding carboxylic acids is 4. The average Bonchev–Trinajstić information content (AvgIpc) is 3.32. The molecule has 8 nitrogen and oxygen atoms in total. The zero-order valence-corrected chi connectivity index (χ0v) is 26.7. The lowest BCUT2D eigenvalue weighted by atomic mass is 9.59. The van der Waals surface area contributed by atoms with Gasteiger partial charge in [-0.3, -0.25) is 29.0 Å². The van der Waals surface area contributed by atoms with E-state index in [1.807, 2.05) is 24.3 Å². The number of allylic oxidation sites excluding steroid dienone is 7. The number of benzene rings is 2. The number of hydrogen-bond acceptors (Lipinski definition) is 7. The zero-order chi connectivity index (χ0) is 31.7. The van der Waals surface area contributed by atoms with Crippen LogP contribution in [0.4, 0.5) is 0 Å². The van der Waals surface area contributed by atoms with Gasteiger partial charge in [-0.15, -0.1) is 0 Å². The molecule has 2 saturated heterocycles. The Labute approximate surface area is 275 Å². The lowest BCUT2D eigenvalue weighted by molar-refractivity contribution is -0.144. The van der Waals surface area contributed by atoms with Crippen LogP contribution in [0.1, 0.15) is 36.8 Å². The van der Waals surface area contributed by atoms with Gasteiger partial charge in [-0.05, 0) is 76.9 Å². The van der Waals surface area contributed by atoms with Gasteiger partial charge in [0.15, 0.2) is 11.6 Å². The summed E-state index contributed by atoms with van der Waals surface area (Å²) in [6.07, 6.45) is 7.54. The van der Waals surface area contributed by atoms with Gasteiger partial charge in [0.05, 0.1) is 22.6 Å². The molecule has 4 atom stereocenters. The van der Waals surface area contributed by atoms with Gasteiger partial charge in [0, 0.05) is 60.8 Å². The number of imide groups is 1. The van der Waals surface area contributed by atoms with Crippen molar-refractivity contribution in [1.29, 1.82) is 0 Å². The molecule has 3 heterocycles. The molecule has 3 aliphatic carbocycles. The number of ketones is 2. The van der Waals surface area contributed by atoms with Gasteiger partial charge in [0.2, 0.25) is 11.8 Å². The molecular weight excluding hydrogens is 648 g/mol. The van der Waals surface area contributed by atoms with Gasteiger partial charge in [0.1, 0.15) is 11.5 Å². The monoisotopic (exact) mass is 680 g/mol. The zero-order valence-electron chi connectivity index (χ0n) is 25.2. The third-order valence-corrected chi connectivity index (χ3v) is 11.3. The molecule has 8 rings (SSSR count). The van der Waals surface area contributed by atoms with Crippen LogP contribution in [0.15, 0.2) is 93.7 Å². The number of hydrogen-bond donors (Lipinski definition) is 1. The van der Waals surface area contributed by atoms with E-state index in [1.165, 1.54) is 11.6 Å². The maximum Gasteiger partial charge on any atom is 0.233 e. The Bertz CT molecular complexity index is 1820. The predicted molar refractivity (Wildman–Crippen MR) is 172 cm³/mol. The minimum Gasteiger partial charge on any atom is -0.508 e. The van der Waals surface area contributed by atoms with Crippen molar-refractivity contribution in [2.75, 3.05) is 13.1 Å². The molecule has 3 aliphatic heterocycles. The molecule has 2 fully saturated rings. The van der Waals surface area contributed by atoms with Crippen LogP contribution in [0.2, 0.25) is 0 Å². The number of nitrogens with zero attached hydrogens (tertiary/aromatic N) is 2. The molecule has 9 heteroatoms. The smallest absolute Gasteiger partial charge is 0.233 e. The third kappa shape index (κ3) is 4.74. The van der Waals surface area contributed by atoms with E-state index in [4.69, 9.17) is 4.74 Å². The maximum absolute atomic E-state index is 14.3. The third-order valence-electron chi connectivity index (χ3n) is 10.7. The summed E-state index contributed by atoms with van der Waals surface area (Å²) < 4.78 is 6.18. The fourth-order valence-electron chi connectivity index (χ4n) is 8.58. The fraction of sp³-hybridized carbons (Fsp3) is 0.351. The minimum atomic E-state index is -0.583. The standard InChI is InChI=1S/C37H33BrN2O6/c38-29-17-30(42)34-28(35(29)43)16-27-25(32(34)22-14-21-15-24(41)6-9-31(21)46-19-22)7-8-26-33(27)37(45)40(36(26)44)23-10-12-39(13-11-23)18-20-4-2-1-3-5-20/h1-7,9,15,17,19,23,26-27,32-33,41H,8,10-14,16,18H2. The maximum atomic E-state index is 14.3. The van der Waals surface area contributed by atoms with Crippen LogP contribution in [-0.4, -0.2) is 57.4 Å². The second kappa shape index (κ2) is 11.3. The topological polar surface area (TPSA) is 104 Å². The number of halogens is 1. The van der Waals surface area contributed by atoms with Crippen LogP contribution in [0.5, 0.6) is 11.5 Å². The van der Waals surface area contributed by atoms with Crippen molar-refractivity contribution in [3.63, 3.8) is 0 Å². The molecule has 0 bridgehead atoms. The number of piperidine rings is 1. The molecule has 2 aromatic rings. The first-order valence-corrected chi connectivity index (χ1v) is 16.8. The van der Waals surface area contributed by atoms with Crippen molar-refractivity contribution in [2.45, 2.75) is 44.7 Å². The molecule has 0 radical (unpaired) electrons. The number of Topliss-reactive ketones (excluding diaryl/α,β-unsaturated/α-hetero) is 1. The average molecular weight is 682 g/mol. The van der Waals surface area contributed by atoms with Crippen LogP contribution >= 0.6 is 15.9 Å². The number of ether oxygens (including phenoxy) is 1. The number of carbonyl (C=O) groups is 4. The van der Waals surface area contributed by atoms with Gasteiger partial charge in [0.25, 0.3) is 0 Å². The largest absolute Gasteiger partial charge is 0.508 e. The highest BCUT2D eigenvalue weighted by atomic mass is 79.9. The van der Waals surface area contributed by atoms with Gasteiger partial charge in [-0.1, -0.05) is 42.0 Å². The molecular formula is C37H33BrN2O6. The van der Waals surface area contributed by atoms with Gasteiger partial charge in [-0.25, -0.2) is 0 Å². The van der Waals surface area contributed by atoms with Crippen molar-refractivity contribution in [3.8, 4) is 11.5 Å². The summed E-state index contributed by atoms with van der Waals surface area (Å²) in [6.45, 7) is 2.45. The number of phenols is 1. The first-order valence-electron chi connectivity index (χ1n) is 16.0. The van der Waals surface area contributed by atoms with E-state index in [9.17, 15) is 24.3 Å². The number of aromatic hydroxyl groups is 1. The van der Waals surface area contributed by atoms with Crippen LogP contribution in [-0.2, 0) is 32.1 Å². The lowest BCUT2D eigenvalue weighted by Crippen LogP contribution is -2.48. The summed E-state index contributed by atoms with van der Waals surface area (Å²) in [6, 6.07) is 15.1. The van der Waals surface area contributed by atoms with Gasteiger partial charge < -0.3 is 9.84 Å². The highest BCUT2D eigenvalue weighted by Gasteiger charge is 2.57. The van der Waals surface area contributed by atoms with E-state index in [-0.39, 0.29) is 52.0 Å². The van der Waals surface area contributed by atoms with E-state index in [1.54, 1.807) is 29.4 Å². The van der Waals surface area contributed by atoms with Crippen molar-refractivity contribution in [1.82, 2.24) is 9.80 Å². The summed E-state index contributed by atoms with van der Waals surface area (Å²) >= 11 is 3.30. The molecule has 2 aromatic carbocycles. The summed E-state index contributed by atoms with van der Waals surface area (Å²) in [5.41, 5.74) is 4.54. The summed E-state index contributed by atoms with van der Waals surface area (Å²) in [4.78, 5) is 59.4. The second-order valence-electron chi connectivity index (χ2n) is 13.2. The summed E-state index contributed by atoms with van der Waals surface area (Å²) in [5.74, 6) is -2.03. The molecule has 46 heavy (non-hydrogen) atoms. The molecule has 4 unspecified atom stereocenters. The van der Waals surface area contributed by atoms with Crippen LogP contribution in [0.25, 0.3) is 0 Å². The van der Waals surface area contributed by atoms with E-state index >= 15 is 0 Å². The predicted octanol–water partition coefficient (Wildman–Crippen LogP) is 5.17. The highest BCUT2D eigenvalue weighted by molar-refractivity contribution is 9.12. The van der Waals surface area contributed by atoms with Crippen LogP contribution in [0, 0.1) is 23.7 Å². The first-order chi connectivity index (χ1) is 22.3. The molecule has 0 aromatic heterocycles. The Morgan fingerprint density at radius 2 is 1.74 bits per heavy atom. The van der Waals surface area contributed by atoms with Crippen molar-refractivity contribution in [3.05, 3.63) is 105 Å². The number of fused-ring (bicyclic) bond motifs is 4. The van der Waals surface area contributed by atoms with Crippen LogP contribution < -0.4 is 4.74 Å². The molecule has 1 N–H and O–H groups in total. The number of amides is 2. The molecule has 234 valence electrons. The molecule has 6 aliphatic rings. The Morgan fingerprint density at radius 1 is 0.957 bits per heavy atom. The number of phenolic OH excluding ortho intramolecular Hbond substituents is 1. The summed E-state index contributed by atoms with van der Waals surface area (Å²) in [5, 5.41) is 10.2. The highest BCUT2D eigenvalue weighted by Crippen LogP contribution is 2.55. The first kappa shape index (κ1) is 29.3. The van der Waals surface area contributed by atoms with Crippen molar-refractivity contribution >= 4 is 39.3 Å². The number of rotatable bonds is 4. The molecule has 0 spiro atoms. The van der Waals surface area contributed by atoms with Gasteiger partial charge in [-0.2, -0.15) is 0 Å². The van der Waals surface area contributed by atoms with E-state index in [2.05, 4.69) is 33.0 Å². The SMILES string of the molecule is O=C1C=C(Br)C(=O)C2=C1C(C1=COc3ccc(O)cc3C1)C1=CCC3C(=O)N(C4CCN(Cc5ccccc5)CC4)C(=O)C3C1C2.